The molecule has 4 rings (SSSR count). The van der Waals surface area contributed by atoms with Gasteiger partial charge in [-0.2, -0.15) is 10.2 Å². The van der Waals surface area contributed by atoms with Crippen LogP contribution in [-0.4, -0.2) is 24.2 Å². The van der Waals surface area contributed by atoms with E-state index in [1.165, 1.54) is 0 Å². The number of carbonyl (C=O) groups is 2. The van der Waals surface area contributed by atoms with Crippen molar-refractivity contribution in [1.29, 1.82) is 0 Å². The standard InChI is InChI=1S/2C12H10N2OS.Zn/c2*15-12(10-5-2-1-3-6-10)14-13-9-11-7-4-8-16-11;/h2*1-9H,(H,14,15);/b2*13-9+;. The van der Waals surface area contributed by atoms with Gasteiger partial charge < -0.3 is 0 Å². The van der Waals surface area contributed by atoms with E-state index in [1.807, 2.05) is 71.4 Å². The van der Waals surface area contributed by atoms with Crippen molar-refractivity contribution in [1.82, 2.24) is 10.9 Å². The molecule has 9 heteroatoms. The molecule has 0 aliphatic heterocycles. The fourth-order valence-corrected chi connectivity index (χ4v) is 3.52. The van der Waals surface area contributed by atoms with Crippen molar-refractivity contribution in [3.05, 3.63) is 117 Å². The molecule has 0 radical (unpaired) electrons. The van der Waals surface area contributed by atoms with Gasteiger partial charge >= 0.3 is 0 Å². The molecule has 0 aliphatic rings. The van der Waals surface area contributed by atoms with Gasteiger partial charge in [-0.15, -0.1) is 22.7 Å². The first-order valence-electron chi connectivity index (χ1n) is 9.56. The third-order valence-electron chi connectivity index (χ3n) is 3.87. The fourth-order valence-electron chi connectivity index (χ4n) is 2.35. The molecule has 4 aromatic rings. The maximum Gasteiger partial charge on any atom is 0.271 e. The smallest absolute Gasteiger partial charge is 0.267 e. The Labute approximate surface area is 212 Å². The minimum atomic E-state index is -0.201. The second-order valence-corrected chi connectivity index (χ2v) is 8.12. The summed E-state index contributed by atoms with van der Waals surface area (Å²) in [6.07, 6.45) is 3.26. The zero-order valence-corrected chi connectivity index (χ0v) is 22.2. The predicted molar refractivity (Wildman–Crippen MR) is 132 cm³/mol. The summed E-state index contributed by atoms with van der Waals surface area (Å²) in [7, 11) is 0. The van der Waals surface area contributed by atoms with Gasteiger partial charge in [-0.05, 0) is 47.2 Å². The number of carbonyl (C=O) groups excluding carboxylic acids is 2. The zero-order valence-electron chi connectivity index (χ0n) is 17.6. The van der Waals surface area contributed by atoms with Crippen LogP contribution in [0.1, 0.15) is 30.5 Å². The number of rotatable bonds is 6. The van der Waals surface area contributed by atoms with Gasteiger partial charge in [0.15, 0.2) is 0 Å². The molecule has 0 bridgehead atoms. The molecule has 2 aromatic heterocycles. The number of nitrogens with zero attached hydrogens (tertiary/aromatic N) is 2. The molecule has 0 atom stereocenters. The molecule has 6 nitrogen and oxygen atoms in total. The van der Waals surface area contributed by atoms with E-state index < -0.39 is 0 Å². The Hall–Kier alpha value is -3.26. The van der Waals surface area contributed by atoms with E-state index in [0.29, 0.717) is 11.1 Å². The third kappa shape index (κ3) is 9.41. The number of nitrogens with one attached hydrogen (secondary N) is 2. The molecule has 0 fully saturated rings. The van der Waals surface area contributed by atoms with Gasteiger partial charge in [0.1, 0.15) is 0 Å². The second-order valence-electron chi connectivity index (χ2n) is 6.16. The monoisotopic (exact) mass is 524 g/mol. The number of benzene rings is 2. The van der Waals surface area contributed by atoms with Crippen molar-refractivity contribution in [3.8, 4) is 0 Å². The molecule has 0 unspecified atom stereocenters. The molecule has 2 heterocycles. The van der Waals surface area contributed by atoms with E-state index in [2.05, 4.69) is 21.1 Å². The van der Waals surface area contributed by atoms with Gasteiger partial charge in [-0.1, -0.05) is 48.5 Å². The van der Waals surface area contributed by atoms with Crippen molar-refractivity contribution < 1.29 is 29.1 Å². The maximum atomic E-state index is 11.6. The van der Waals surface area contributed by atoms with Crippen LogP contribution in [0, 0.1) is 0 Å². The van der Waals surface area contributed by atoms with Gasteiger partial charge in [0.25, 0.3) is 11.8 Å². The van der Waals surface area contributed by atoms with Crippen LogP contribution in [0.2, 0.25) is 0 Å². The minimum absolute atomic E-state index is 0. The summed E-state index contributed by atoms with van der Waals surface area (Å²) >= 11 is 3.14. The van der Waals surface area contributed by atoms with Gasteiger partial charge in [-0.25, -0.2) is 10.9 Å². The van der Waals surface area contributed by atoms with Gasteiger partial charge in [0.2, 0.25) is 0 Å². The quantitative estimate of drug-likeness (QED) is 0.210. The van der Waals surface area contributed by atoms with Crippen molar-refractivity contribution >= 4 is 46.9 Å². The fraction of sp³-hybridized carbons (Fsp3) is 0. The normalized spacial score (nSPS) is 10.2. The Morgan fingerprint density at radius 2 is 1.00 bits per heavy atom. The molecule has 162 valence electrons. The Kier molecular flexibility index (Phi) is 11.6. The van der Waals surface area contributed by atoms with Crippen molar-refractivity contribution in [3.63, 3.8) is 0 Å². The minimum Gasteiger partial charge on any atom is -0.267 e. The molecule has 0 saturated carbocycles. The van der Waals surface area contributed by atoms with Crippen LogP contribution in [0.5, 0.6) is 0 Å². The first kappa shape index (κ1) is 26.0. The SMILES string of the molecule is O=C(N/N=C/c1cccs1)c1ccccc1.O=C(N/N=C/c1cccs1)c1ccccc1.[Zn]. The average molecular weight is 526 g/mol. The van der Waals surface area contributed by atoms with Crippen molar-refractivity contribution in [2.75, 3.05) is 0 Å². The number of thiophene rings is 2. The summed E-state index contributed by atoms with van der Waals surface area (Å²) in [4.78, 5) is 25.1. The zero-order chi connectivity index (χ0) is 22.4. The molecule has 0 spiro atoms. The summed E-state index contributed by atoms with van der Waals surface area (Å²) in [5.74, 6) is -0.401. The Bertz CT molecular complexity index is 1050. The Morgan fingerprint density at radius 3 is 1.33 bits per heavy atom. The topological polar surface area (TPSA) is 82.9 Å². The number of hydrogen-bond donors (Lipinski definition) is 2. The van der Waals surface area contributed by atoms with E-state index in [9.17, 15) is 9.59 Å². The van der Waals surface area contributed by atoms with E-state index in [-0.39, 0.29) is 31.3 Å². The maximum absolute atomic E-state index is 11.6. The van der Waals surface area contributed by atoms with Gasteiger partial charge in [0, 0.05) is 40.4 Å². The molecule has 2 N–H and O–H groups in total. The number of hydrazone groups is 2. The third-order valence-corrected chi connectivity index (χ3v) is 5.49. The molecule has 2 amide bonds. The van der Waals surface area contributed by atoms with Crippen LogP contribution in [0.15, 0.2) is 106 Å². The van der Waals surface area contributed by atoms with E-state index >= 15 is 0 Å². The summed E-state index contributed by atoms with van der Waals surface area (Å²) in [6, 6.07) is 25.7. The molecular formula is C24H20N4O2S2Zn. The summed E-state index contributed by atoms with van der Waals surface area (Å²) in [6.45, 7) is 0. The Balaban J connectivity index is 0.000000227. The van der Waals surface area contributed by atoms with E-state index in [0.717, 1.165) is 9.75 Å². The van der Waals surface area contributed by atoms with Crippen LogP contribution >= 0.6 is 22.7 Å². The van der Waals surface area contributed by atoms with E-state index in [4.69, 9.17) is 0 Å². The largest absolute Gasteiger partial charge is 0.271 e. The van der Waals surface area contributed by atoms with Crippen LogP contribution in [0.3, 0.4) is 0 Å². The van der Waals surface area contributed by atoms with Crippen molar-refractivity contribution in [2.24, 2.45) is 10.2 Å². The van der Waals surface area contributed by atoms with Crippen LogP contribution in [0.4, 0.5) is 0 Å². The molecule has 0 saturated heterocycles. The predicted octanol–water partition coefficient (Wildman–Crippen LogP) is 5.02. The Morgan fingerprint density at radius 1 is 0.606 bits per heavy atom. The molecule has 0 aliphatic carbocycles. The summed E-state index contributed by atoms with van der Waals surface area (Å²) < 4.78 is 0. The number of amides is 2. The van der Waals surface area contributed by atoms with Crippen LogP contribution in [0.25, 0.3) is 0 Å². The van der Waals surface area contributed by atoms with Crippen LogP contribution in [-0.2, 0) is 19.5 Å². The van der Waals surface area contributed by atoms with Crippen LogP contribution < -0.4 is 10.9 Å². The number of hydrogen-bond acceptors (Lipinski definition) is 6. The molecule has 2 aromatic carbocycles. The molecular weight excluding hydrogens is 506 g/mol. The van der Waals surface area contributed by atoms with Gasteiger partial charge in [0.05, 0.1) is 12.4 Å². The average Bonchev–Trinajstić information content (AvgIpc) is 3.55. The van der Waals surface area contributed by atoms with Crippen molar-refractivity contribution in [2.45, 2.75) is 0 Å². The molecule has 33 heavy (non-hydrogen) atoms. The summed E-state index contributed by atoms with van der Waals surface area (Å²) in [5.41, 5.74) is 6.15. The first-order valence-corrected chi connectivity index (χ1v) is 11.3. The second kappa shape index (κ2) is 14.7. The first-order chi connectivity index (χ1) is 15.7. The summed E-state index contributed by atoms with van der Waals surface area (Å²) in [5, 5.41) is 11.7. The van der Waals surface area contributed by atoms with Gasteiger partial charge in [-0.3, -0.25) is 9.59 Å². The van der Waals surface area contributed by atoms with E-state index in [1.54, 1.807) is 59.4 Å².